The van der Waals surface area contributed by atoms with E-state index in [0.29, 0.717) is 0 Å². The number of nitrogens with one attached hydrogen (secondary N) is 1. The molecular weight excluding hydrogens is 442 g/mol. The number of fused-ring (bicyclic) bond motifs is 3. The monoisotopic (exact) mass is 467 g/mol. The Hall–Kier alpha value is -4.70. The number of carbonyl (C=O) groups is 1. The Morgan fingerprint density at radius 2 is 1.28 bits per heavy atom. The summed E-state index contributed by atoms with van der Waals surface area (Å²) in [5.74, 6) is -0.137. The number of hydrogen-bond donors (Lipinski definition) is 1. The van der Waals surface area contributed by atoms with Gasteiger partial charge in [0.25, 0.3) is 0 Å². The fourth-order valence-electron chi connectivity index (χ4n) is 4.96. The molecule has 6 rings (SSSR count). The summed E-state index contributed by atoms with van der Waals surface area (Å²) in [6.45, 7) is 0.753. The third kappa shape index (κ3) is 4.25. The molecule has 0 aliphatic heterocycles. The van der Waals surface area contributed by atoms with Crippen LogP contribution in [0.2, 0.25) is 0 Å². The lowest BCUT2D eigenvalue weighted by atomic mass is 10.0. The van der Waals surface area contributed by atoms with Crippen molar-refractivity contribution in [2.24, 2.45) is 5.10 Å². The smallest absolute Gasteiger partial charge is 0.244 e. The molecule has 6 aromatic rings. The first-order valence-electron chi connectivity index (χ1n) is 12.1. The van der Waals surface area contributed by atoms with Gasteiger partial charge in [-0.25, -0.2) is 5.43 Å². The molecule has 4 heteroatoms. The highest BCUT2D eigenvalue weighted by Gasteiger charge is 2.10. The minimum Gasteiger partial charge on any atom is -0.342 e. The molecule has 0 aliphatic rings. The minimum atomic E-state index is -0.137. The molecule has 0 fully saturated rings. The maximum Gasteiger partial charge on any atom is 0.244 e. The van der Waals surface area contributed by atoms with Crippen LogP contribution in [0.25, 0.3) is 32.4 Å². The van der Waals surface area contributed by atoms with Gasteiger partial charge in [0.15, 0.2) is 0 Å². The zero-order valence-corrected chi connectivity index (χ0v) is 19.8. The number of benzene rings is 5. The van der Waals surface area contributed by atoms with Gasteiger partial charge in [0, 0.05) is 29.2 Å². The van der Waals surface area contributed by atoms with E-state index in [2.05, 4.69) is 94.1 Å². The lowest BCUT2D eigenvalue weighted by Crippen LogP contribution is -2.19. The van der Waals surface area contributed by atoms with E-state index in [9.17, 15) is 4.79 Å². The molecule has 1 heterocycles. The maximum atomic E-state index is 12.7. The predicted molar refractivity (Wildman–Crippen MR) is 148 cm³/mol. The van der Waals surface area contributed by atoms with Gasteiger partial charge in [-0.2, -0.15) is 5.10 Å². The van der Waals surface area contributed by atoms with Crippen LogP contribution in [0, 0.1) is 0 Å². The highest BCUT2D eigenvalue weighted by molar-refractivity contribution is 6.00. The van der Waals surface area contributed by atoms with E-state index in [-0.39, 0.29) is 12.3 Å². The van der Waals surface area contributed by atoms with Crippen molar-refractivity contribution in [2.75, 3.05) is 0 Å². The van der Waals surface area contributed by atoms with E-state index in [1.165, 1.54) is 16.3 Å². The molecule has 0 saturated heterocycles. The van der Waals surface area contributed by atoms with Gasteiger partial charge in [-0.1, -0.05) is 103 Å². The van der Waals surface area contributed by atoms with Crippen molar-refractivity contribution in [3.63, 3.8) is 0 Å². The standard InChI is InChI=1S/C32H25N3O/c36-32(19-25-13-7-11-23-9-1-3-15-28(23)25)34-33-20-27-22-35(31-18-6-5-17-30(27)31)21-26-14-8-12-24-10-2-4-16-29(24)26/h1-18,20,22H,19,21H2,(H,34,36)/b33-20-. The normalized spacial score (nSPS) is 11.6. The van der Waals surface area contributed by atoms with Crippen LogP contribution >= 0.6 is 0 Å². The lowest BCUT2D eigenvalue weighted by Gasteiger charge is -2.09. The molecule has 5 aromatic carbocycles. The molecule has 0 radical (unpaired) electrons. The first kappa shape index (κ1) is 21.8. The van der Waals surface area contributed by atoms with Crippen LogP contribution in [0.5, 0.6) is 0 Å². The van der Waals surface area contributed by atoms with Crippen molar-refractivity contribution in [3.8, 4) is 0 Å². The number of hydrazone groups is 1. The van der Waals surface area contributed by atoms with Crippen LogP contribution in [-0.2, 0) is 17.8 Å². The summed E-state index contributed by atoms with van der Waals surface area (Å²) in [5.41, 5.74) is 7.07. The van der Waals surface area contributed by atoms with Crippen LogP contribution in [0.1, 0.15) is 16.7 Å². The van der Waals surface area contributed by atoms with Crippen molar-refractivity contribution in [1.29, 1.82) is 0 Å². The van der Waals surface area contributed by atoms with Gasteiger partial charge in [-0.3, -0.25) is 4.79 Å². The zero-order chi connectivity index (χ0) is 24.3. The van der Waals surface area contributed by atoms with Gasteiger partial charge in [0.05, 0.1) is 12.6 Å². The molecule has 0 spiro atoms. The second kappa shape index (κ2) is 9.51. The third-order valence-electron chi connectivity index (χ3n) is 6.66. The van der Waals surface area contributed by atoms with Crippen molar-refractivity contribution in [2.45, 2.75) is 13.0 Å². The Kier molecular flexibility index (Phi) is 5.76. The van der Waals surface area contributed by atoms with Crippen LogP contribution in [0.3, 0.4) is 0 Å². The number of carbonyl (C=O) groups excluding carboxylic acids is 1. The van der Waals surface area contributed by atoms with Crippen LogP contribution in [0.4, 0.5) is 0 Å². The summed E-state index contributed by atoms with van der Waals surface area (Å²) >= 11 is 0. The average molecular weight is 468 g/mol. The number of para-hydroxylation sites is 1. The van der Waals surface area contributed by atoms with Crippen LogP contribution in [-0.4, -0.2) is 16.7 Å². The third-order valence-corrected chi connectivity index (χ3v) is 6.66. The molecular formula is C32H25N3O. The summed E-state index contributed by atoms with van der Waals surface area (Å²) in [6, 6.07) is 37.3. The van der Waals surface area contributed by atoms with E-state index in [4.69, 9.17) is 0 Å². The highest BCUT2D eigenvalue weighted by atomic mass is 16.2. The fourth-order valence-corrected chi connectivity index (χ4v) is 4.96. The molecule has 0 bridgehead atoms. The lowest BCUT2D eigenvalue weighted by molar-refractivity contribution is -0.120. The Labute approximate surface area is 209 Å². The first-order chi connectivity index (χ1) is 17.8. The zero-order valence-electron chi connectivity index (χ0n) is 19.8. The summed E-state index contributed by atoms with van der Waals surface area (Å²) in [7, 11) is 0. The molecule has 36 heavy (non-hydrogen) atoms. The second-order valence-electron chi connectivity index (χ2n) is 8.98. The van der Waals surface area contributed by atoms with Crippen molar-refractivity contribution >= 4 is 44.6 Å². The SMILES string of the molecule is O=C(Cc1cccc2ccccc12)N/N=C\c1cn(Cc2cccc3ccccc23)c2ccccc12. The Bertz CT molecular complexity index is 1730. The van der Waals surface area contributed by atoms with Gasteiger partial charge in [0.1, 0.15) is 0 Å². The van der Waals surface area contributed by atoms with E-state index >= 15 is 0 Å². The van der Waals surface area contributed by atoms with Gasteiger partial charge < -0.3 is 4.57 Å². The Morgan fingerprint density at radius 1 is 0.694 bits per heavy atom. The summed E-state index contributed by atoms with van der Waals surface area (Å²) in [5, 5.41) is 10.1. The number of rotatable bonds is 6. The number of hydrogen-bond acceptors (Lipinski definition) is 2. The Balaban J connectivity index is 1.23. The van der Waals surface area contributed by atoms with Crippen molar-refractivity contribution in [1.82, 2.24) is 9.99 Å². The highest BCUT2D eigenvalue weighted by Crippen LogP contribution is 2.24. The second-order valence-corrected chi connectivity index (χ2v) is 8.98. The summed E-state index contributed by atoms with van der Waals surface area (Å²) < 4.78 is 2.25. The molecule has 0 saturated carbocycles. The van der Waals surface area contributed by atoms with Gasteiger partial charge in [-0.05, 0) is 38.7 Å². The number of amides is 1. The number of nitrogens with zero attached hydrogens (tertiary/aromatic N) is 2. The van der Waals surface area contributed by atoms with Crippen molar-refractivity contribution < 1.29 is 4.79 Å². The quantitative estimate of drug-likeness (QED) is 0.215. The average Bonchev–Trinajstić information content (AvgIpc) is 3.26. The summed E-state index contributed by atoms with van der Waals surface area (Å²) in [6.07, 6.45) is 4.12. The molecule has 0 aliphatic carbocycles. The Morgan fingerprint density at radius 3 is 2.03 bits per heavy atom. The van der Waals surface area contributed by atoms with Gasteiger partial charge in [0.2, 0.25) is 5.91 Å². The van der Waals surface area contributed by atoms with E-state index in [0.717, 1.165) is 39.3 Å². The molecule has 1 N–H and O–H groups in total. The predicted octanol–water partition coefficient (Wildman–Crippen LogP) is 6.69. The largest absolute Gasteiger partial charge is 0.342 e. The molecule has 0 atom stereocenters. The minimum absolute atomic E-state index is 0.137. The topological polar surface area (TPSA) is 46.4 Å². The molecule has 4 nitrogen and oxygen atoms in total. The molecule has 0 unspecified atom stereocenters. The summed E-state index contributed by atoms with van der Waals surface area (Å²) in [4.78, 5) is 12.7. The number of aromatic nitrogens is 1. The van der Waals surface area contributed by atoms with E-state index in [1.54, 1.807) is 6.21 Å². The fraction of sp³-hybridized carbons (Fsp3) is 0.0625. The molecule has 1 amide bonds. The van der Waals surface area contributed by atoms with Gasteiger partial charge >= 0.3 is 0 Å². The van der Waals surface area contributed by atoms with Gasteiger partial charge in [-0.15, -0.1) is 0 Å². The molecule has 1 aromatic heterocycles. The maximum absolute atomic E-state index is 12.7. The van der Waals surface area contributed by atoms with E-state index < -0.39 is 0 Å². The van der Waals surface area contributed by atoms with Crippen molar-refractivity contribution in [3.05, 3.63) is 132 Å². The van der Waals surface area contributed by atoms with E-state index in [1.807, 2.05) is 36.4 Å². The van der Waals surface area contributed by atoms with Crippen LogP contribution in [0.15, 0.2) is 120 Å². The molecule has 174 valence electrons. The first-order valence-corrected chi connectivity index (χ1v) is 12.1. The van der Waals surface area contributed by atoms with Crippen LogP contribution < -0.4 is 5.43 Å².